The van der Waals surface area contributed by atoms with Crippen molar-refractivity contribution in [1.29, 1.82) is 0 Å². The fraction of sp³-hybridized carbons (Fsp3) is 0.357. The summed E-state index contributed by atoms with van der Waals surface area (Å²) >= 11 is 0. The number of rotatable bonds is 4. The molecule has 0 amide bonds. The highest BCUT2D eigenvalue weighted by molar-refractivity contribution is 5.66. The van der Waals surface area contributed by atoms with E-state index in [0.29, 0.717) is 0 Å². The zero-order valence-electron chi connectivity index (χ0n) is 11.3. The third-order valence-electron chi connectivity index (χ3n) is 3.04. The molecule has 18 heavy (non-hydrogen) atoms. The number of hydrogen-bond donors (Lipinski definition) is 1. The van der Waals surface area contributed by atoms with Gasteiger partial charge in [0.05, 0.1) is 24.6 Å². The summed E-state index contributed by atoms with van der Waals surface area (Å²) in [5, 5.41) is 3.14. The quantitative estimate of drug-likeness (QED) is 0.896. The van der Waals surface area contributed by atoms with Crippen LogP contribution >= 0.6 is 0 Å². The molecule has 0 saturated heterocycles. The van der Waals surface area contributed by atoms with Crippen LogP contribution in [0.2, 0.25) is 0 Å². The highest BCUT2D eigenvalue weighted by atomic mass is 16.5. The Hall–Kier alpha value is -1.81. The number of imidazole rings is 1. The molecule has 4 heteroatoms. The topological polar surface area (TPSA) is 39.1 Å². The number of hydrogen-bond acceptors (Lipinski definition) is 3. The van der Waals surface area contributed by atoms with Crippen molar-refractivity contribution < 1.29 is 4.74 Å². The van der Waals surface area contributed by atoms with Crippen molar-refractivity contribution in [2.75, 3.05) is 14.2 Å². The Bertz CT molecular complexity index is 546. The number of nitrogens with zero attached hydrogens (tertiary/aromatic N) is 2. The first-order chi connectivity index (χ1) is 8.67. The Kier molecular flexibility index (Phi) is 3.67. The standard InChI is InChI=1S/C14H19N3O/c1-10-5-6-13(18-4)12(7-10)14-16-9-11(8-15-2)17(14)3/h5-7,9,15H,8H2,1-4H3. The molecule has 1 heterocycles. The van der Waals surface area contributed by atoms with E-state index >= 15 is 0 Å². The van der Waals surface area contributed by atoms with Crippen molar-refractivity contribution in [2.45, 2.75) is 13.5 Å². The average molecular weight is 245 g/mol. The number of aromatic nitrogens is 2. The predicted molar refractivity (Wildman–Crippen MR) is 72.7 cm³/mol. The molecule has 96 valence electrons. The van der Waals surface area contributed by atoms with Crippen LogP contribution in [0.5, 0.6) is 5.75 Å². The van der Waals surface area contributed by atoms with Gasteiger partial charge in [-0.05, 0) is 26.1 Å². The third-order valence-corrected chi connectivity index (χ3v) is 3.04. The second-order valence-electron chi connectivity index (χ2n) is 4.37. The molecule has 0 aliphatic rings. The van der Waals surface area contributed by atoms with Gasteiger partial charge in [-0.1, -0.05) is 11.6 Å². The molecular formula is C14H19N3O. The summed E-state index contributed by atoms with van der Waals surface area (Å²) in [6.45, 7) is 2.87. The maximum absolute atomic E-state index is 5.41. The second kappa shape index (κ2) is 5.23. The fourth-order valence-electron chi connectivity index (χ4n) is 2.04. The molecule has 1 aromatic carbocycles. The molecule has 0 aliphatic heterocycles. The lowest BCUT2D eigenvalue weighted by Gasteiger charge is -2.10. The summed E-state index contributed by atoms with van der Waals surface area (Å²) in [5.41, 5.74) is 3.38. The third kappa shape index (κ3) is 2.24. The fourth-order valence-corrected chi connectivity index (χ4v) is 2.04. The Morgan fingerprint density at radius 2 is 2.17 bits per heavy atom. The highest BCUT2D eigenvalue weighted by Gasteiger charge is 2.13. The number of ether oxygens (including phenoxy) is 1. The minimum Gasteiger partial charge on any atom is -0.496 e. The van der Waals surface area contributed by atoms with Gasteiger partial charge in [-0.3, -0.25) is 0 Å². The molecular weight excluding hydrogens is 226 g/mol. The van der Waals surface area contributed by atoms with Crippen LogP contribution in [-0.4, -0.2) is 23.7 Å². The van der Waals surface area contributed by atoms with Gasteiger partial charge >= 0.3 is 0 Å². The van der Waals surface area contributed by atoms with Crippen molar-refractivity contribution in [3.8, 4) is 17.1 Å². The van der Waals surface area contributed by atoms with Crippen LogP contribution < -0.4 is 10.1 Å². The first-order valence-corrected chi connectivity index (χ1v) is 5.97. The summed E-state index contributed by atoms with van der Waals surface area (Å²) < 4.78 is 7.50. The van der Waals surface area contributed by atoms with E-state index < -0.39 is 0 Å². The molecule has 0 radical (unpaired) electrons. The van der Waals surface area contributed by atoms with Gasteiger partial charge in [-0.25, -0.2) is 4.98 Å². The molecule has 0 bridgehead atoms. The van der Waals surface area contributed by atoms with Crippen LogP contribution in [0.3, 0.4) is 0 Å². The van der Waals surface area contributed by atoms with Gasteiger partial charge in [0.1, 0.15) is 11.6 Å². The van der Waals surface area contributed by atoms with Gasteiger partial charge in [-0.15, -0.1) is 0 Å². The van der Waals surface area contributed by atoms with E-state index in [1.807, 2.05) is 32.4 Å². The molecule has 2 aromatic rings. The maximum Gasteiger partial charge on any atom is 0.143 e. The number of benzene rings is 1. The van der Waals surface area contributed by atoms with Gasteiger partial charge in [0.15, 0.2) is 0 Å². The van der Waals surface area contributed by atoms with Crippen LogP contribution in [0.1, 0.15) is 11.3 Å². The summed E-state index contributed by atoms with van der Waals surface area (Å²) in [6.07, 6.45) is 1.90. The minimum absolute atomic E-state index is 0.803. The summed E-state index contributed by atoms with van der Waals surface area (Å²) in [7, 11) is 5.64. The average Bonchev–Trinajstić information content (AvgIpc) is 2.72. The van der Waals surface area contributed by atoms with Crippen LogP contribution in [0.4, 0.5) is 0 Å². The SMILES string of the molecule is CNCc1cnc(-c2cc(C)ccc2OC)n1C. The molecule has 0 unspecified atom stereocenters. The van der Waals surface area contributed by atoms with Gasteiger partial charge in [-0.2, -0.15) is 0 Å². The van der Waals surface area contributed by atoms with Crippen LogP contribution in [0, 0.1) is 6.92 Å². The second-order valence-corrected chi connectivity index (χ2v) is 4.37. The lowest BCUT2D eigenvalue weighted by molar-refractivity contribution is 0.416. The zero-order valence-corrected chi connectivity index (χ0v) is 11.3. The van der Waals surface area contributed by atoms with E-state index in [2.05, 4.69) is 27.9 Å². The van der Waals surface area contributed by atoms with Crippen LogP contribution in [0.15, 0.2) is 24.4 Å². The lowest BCUT2D eigenvalue weighted by atomic mass is 10.1. The minimum atomic E-state index is 0.803. The molecule has 1 aromatic heterocycles. The Morgan fingerprint density at radius 1 is 1.39 bits per heavy atom. The summed E-state index contributed by atoms with van der Waals surface area (Å²) in [6, 6.07) is 6.13. The largest absolute Gasteiger partial charge is 0.496 e. The van der Waals surface area contributed by atoms with Gasteiger partial charge in [0.2, 0.25) is 0 Å². The van der Waals surface area contributed by atoms with Crippen LogP contribution in [-0.2, 0) is 13.6 Å². The van der Waals surface area contributed by atoms with Gasteiger partial charge in [0.25, 0.3) is 0 Å². The summed E-state index contributed by atoms with van der Waals surface area (Å²) in [4.78, 5) is 4.50. The summed E-state index contributed by atoms with van der Waals surface area (Å²) in [5.74, 6) is 1.78. The van der Waals surface area contributed by atoms with Gasteiger partial charge in [0, 0.05) is 13.6 Å². The van der Waals surface area contributed by atoms with E-state index in [4.69, 9.17) is 4.74 Å². The zero-order chi connectivity index (χ0) is 13.1. The molecule has 2 rings (SSSR count). The van der Waals surface area contributed by atoms with E-state index in [1.165, 1.54) is 5.56 Å². The molecule has 4 nitrogen and oxygen atoms in total. The molecule has 0 saturated carbocycles. The first kappa shape index (κ1) is 12.6. The number of aryl methyl sites for hydroxylation is 1. The lowest BCUT2D eigenvalue weighted by Crippen LogP contribution is -2.09. The van der Waals surface area contributed by atoms with Crippen molar-refractivity contribution in [3.05, 3.63) is 35.7 Å². The predicted octanol–water partition coefficient (Wildman–Crippen LogP) is 2.12. The molecule has 0 atom stereocenters. The van der Waals surface area contributed by atoms with E-state index in [0.717, 1.165) is 29.4 Å². The van der Waals surface area contributed by atoms with E-state index in [1.54, 1.807) is 7.11 Å². The van der Waals surface area contributed by atoms with E-state index in [9.17, 15) is 0 Å². The highest BCUT2D eigenvalue weighted by Crippen LogP contribution is 2.30. The van der Waals surface area contributed by atoms with E-state index in [-0.39, 0.29) is 0 Å². The number of nitrogens with one attached hydrogen (secondary N) is 1. The van der Waals surface area contributed by atoms with Crippen molar-refractivity contribution in [2.24, 2.45) is 7.05 Å². The monoisotopic (exact) mass is 245 g/mol. The van der Waals surface area contributed by atoms with Crippen molar-refractivity contribution in [3.63, 3.8) is 0 Å². The first-order valence-electron chi connectivity index (χ1n) is 5.97. The van der Waals surface area contributed by atoms with Crippen molar-refractivity contribution in [1.82, 2.24) is 14.9 Å². The molecule has 0 fully saturated rings. The Labute approximate surface area is 108 Å². The normalized spacial score (nSPS) is 10.7. The van der Waals surface area contributed by atoms with Crippen LogP contribution in [0.25, 0.3) is 11.4 Å². The smallest absolute Gasteiger partial charge is 0.143 e. The Morgan fingerprint density at radius 3 is 2.83 bits per heavy atom. The molecule has 0 aliphatic carbocycles. The molecule has 0 spiro atoms. The number of methoxy groups -OCH3 is 1. The van der Waals surface area contributed by atoms with Gasteiger partial charge < -0.3 is 14.6 Å². The molecule has 1 N–H and O–H groups in total. The maximum atomic E-state index is 5.41. The van der Waals surface area contributed by atoms with Crippen molar-refractivity contribution >= 4 is 0 Å². The Balaban J connectivity index is 2.51.